The number of aromatic nitrogens is 1. The summed E-state index contributed by atoms with van der Waals surface area (Å²) in [6.45, 7) is 1.72. The molecular formula is C15H24N2O2. The molecule has 0 aromatic carbocycles. The molecule has 4 heteroatoms. The Bertz CT molecular complexity index is 339. The maximum atomic E-state index is 9.85. The Hall–Kier alpha value is -0.970. The van der Waals surface area contributed by atoms with E-state index in [-0.39, 0.29) is 0 Å². The summed E-state index contributed by atoms with van der Waals surface area (Å²) in [4.78, 5) is 4.05. The molecule has 2 rings (SSSR count). The van der Waals surface area contributed by atoms with Crippen LogP contribution in [0.3, 0.4) is 0 Å². The highest BCUT2D eigenvalue weighted by Gasteiger charge is 2.15. The summed E-state index contributed by atoms with van der Waals surface area (Å²) >= 11 is 0. The molecule has 1 saturated carbocycles. The van der Waals surface area contributed by atoms with E-state index in [2.05, 4.69) is 10.3 Å². The summed E-state index contributed by atoms with van der Waals surface area (Å²) in [7, 11) is 0. The van der Waals surface area contributed by atoms with E-state index in [1.165, 1.54) is 19.3 Å². The van der Waals surface area contributed by atoms with Crippen LogP contribution in [0.2, 0.25) is 0 Å². The van der Waals surface area contributed by atoms with Crippen LogP contribution < -0.4 is 5.32 Å². The van der Waals surface area contributed by atoms with E-state index in [0.29, 0.717) is 19.3 Å². The van der Waals surface area contributed by atoms with Crippen molar-refractivity contribution in [2.24, 2.45) is 0 Å². The monoisotopic (exact) mass is 264 g/mol. The van der Waals surface area contributed by atoms with E-state index in [9.17, 15) is 5.11 Å². The van der Waals surface area contributed by atoms with Crippen molar-refractivity contribution in [1.29, 1.82) is 0 Å². The predicted molar refractivity (Wildman–Crippen MR) is 74.8 cm³/mol. The van der Waals surface area contributed by atoms with Crippen LogP contribution in [0, 0.1) is 0 Å². The molecule has 0 saturated heterocycles. The maximum Gasteiger partial charge on any atom is 0.0897 e. The highest BCUT2D eigenvalue weighted by Crippen LogP contribution is 2.20. The number of hydrogen-bond donors (Lipinski definition) is 2. The van der Waals surface area contributed by atoms with Crippen molar-refractivity contribution in [3.8, 4) is 0 Å². The minimum absolute atomic E-state index is 0.363. The van der Waals surface area contributed by atoms with Crippen molar-refractivity contribution in [3.63, 3.8) is 0 Å². The minimum atomic E-state index is -0.432. The summed E-state index contributed by atoms with van der Waals surface area (Å²) in [5.74, 6) is 0. The molecule has 0 spiro atoms. The molecule has 1 unspecified atom stereocenters. The van der Waals surface area contributed by atoms with Crippen molar-refractivity contribution in [1.82, 2.24) is 10.3 Å². The van der Waals surface area contributed by atoms with Gasteiger partial charge in [-0.25, -0.2) is 0 Å². The van der Waals surface area contributed by atoms with Gasteiger partial charge in [0.15, 0.2) is 0 Å². The lowest BCUT2D eigenvalue weighted by Crippen LogP contribution is -2.32. The van der Waals surface area contributed by atoms with E-state index in [0.717, 1.165) is 24.9 Å². The number of pyridine rings is 1. The Balaban J connectivity index is 1.55. The second-order valence-electron chi connectivity index (χ2n) is 5.24. The highest BCUT2D eigenvalue weighted by molar-refractivity contribution is 5.07. The number of aliphatic hydroxyl groups excluding tert-OH is 1. The van der Waals surface area contributed by atoms with Crippen molar-refractivity contribution in [3.05, 3.63) is 30.1 Å². The van der Waals surface area contributed by atoms with Gasteiger partial charge in [-0.3, -0.25) is 4.98 Å². The summed E-state index contributed by atoms with van der Waals surface area (Å²) in [5, 5.41) is 13.1. The van der Waals surface area contributed by atoms with Crippen LogP contribution in [-0.4, -0.2) is 35.5 Å². The molecule has 0 radical (unpaired) electrons. The molecule has 0 amide bonds. The summed E-state index contributed by atoms with van der Waals surface area (Å²) < 4.78 is 5.75. The number of hydrogen-bond acceptors (Lipinski definition) is 4. The number of aliphatic hydroxyl groups is 1. The molecule has 2 N–H and O–H groups in total. The zero-order valence-electron chi connectivity index (χ0n) is 11.4. The first-order valence-corrected chi connectivity index (χ1v) is 7.24. The van der Waals surface area contributed by atoms with Gasteiger partial charge in [0.1, 0.15) is 0 Å². The van der Waals surface area contributed by atoms with Crippen LogP contribution in [0.25, 0.3) is 0 Å². The number of nitrogens with one attached hydrogen (secondary N) is 1. The molecule has 0 bridgehead atoms. The van der Waals surface area contributed by atoms with Gasteiger partial charge in [0.2, 0.25) is 0 Å². The Labute approximate surface area is 115 Å². The Morgan fingerprint density at radius 2 is 2.21 bits per heavy atom. The third-order valence-electron chi connectivity index (χ3n) is 3.51. The zero-order chi connectivity index (χ0) is 13.3. The Morgan fingerprint density at radius 1 is 1.37 bits per heavy atom. The standard InChI is InChI=1S/C15H24N2O2/c18-14(12-19-15-6-2-1-3-7-15)11-17-10-13-5-4-8-16-9-13/h4-5,8-9,14-15,17-18H,1-3,6-7,10-12H2. The molecule has 19 heavy (non-hydrogen) atoms. The molecule has 0 aliphatic heterocycles. The molecule has 4 nitrogen and oxygen atoms in total. The topological polar surface area (TPSA) is 54.4 Å². The van der Waals surface area contributed by atoms with Crippen molar-refractivity contribution < 1.29 is 9.84 Å². The van der Waals surface area contributed by atoms with E-state index >= 15 is 0 Å². The fraction of sp³-hybridized carbons (Fsp3) is 0.667. The molecule has 1 aromatic heterocycles. The van der Waals surface area contributed by atoms with Gasteiger partial charge in [-0.2, -0.15) is 0 Å². The fourth-order valence-corrected chi connectivity index (χ4v) is 2.42. The average Bonchev–Trinajstić information content (AvgIpc) is 2.47. The van der Waals surface area contributed by atoms with Crippen molar-refractivity contribution in [2.45, 2.75) is 50.9 Å². The fourth-order valence-electron chi connectivity index (χ4n) is 2.42. The molecular weight excluding hydrogens is 240 g/mol. The van der Waals surface area contributed by atoms with Gasteiger partial charge in [-0.15, -0.1) is 0 Å². The van der Waals surface area contributed by atoms with Gasteiger partial charge in [-0.1, -0.05) is 25.3 Å². The Kier molecular flexibility index (Phi) is 6.27. The van der Waals surface area contributed by atoms with E-state index < -0.39 is 6.10 Å². The first-order chi connectivity index (χ1) is 9.34. The summed E-state index contributed by atoms with van der Waals surface area (Å²) in [6, 6.07) is 3.94. The lowest BCUT2D eigenvalue weighted by molar-refractivity contribution is -0.0230. The van der Waals surface area contributed by atoms with Gasteiger partial charge in [-0.05, 0) is 24.5 Å². The quantitative estimate of drug-likeness (QED) is 0.789. The van der Waals surface area contributed by atoms with Gasteiger partial charge >= 0.3 is 0 Å². The first kappa shape index (κ1) is 14.4. The minimum Gasteiger partial charge on any atom is -0.389 e. The molecule has 1 aliphatic carbocycles. The van der Waals surface area contributed by atoms with Crippen LogP contribution in [0.15, 0.2) is 24.5 Å². The normalized spacial score (nSPS) is 18.4. The van der Waals surface area contributed by atoms with Crippen LogP contribution in [0.4, 0.5) is 0 Å². The molecule has 1 aliphatic rings. The first-order valence-electron chi connectivity index (χ1n) is 7.24. The predicted octanol–water partition coefficient (Wildman–Crippen LogP) is 1.88. The van der Waals surface area contributed by atoms with Crippen LogP contribution >= 0.6 is 0 Å². The number of rotatable bonds is 7. The lowest BCUT2D eigenvalue weighted by atomic mass is 9.98. The van der Waals surface area contributed by atoms with Crippen LogP contribution in [-0.2, 0) is 11.3 Å². The molecule has 1 heterocycles. The third kappa shape index (κ3) is 5.68. The average molecular weight is 264 g/mol. The van der Waals surface area contributed by atoms with Crippen LogP contribution in [0.1, 0.15) is 37.7 Å². The SMILES string of the molecule is OC(CNCc1cccnc1)COC1CCCCC1. The molecule has 1 atom stereocenters. The van der Waals surface area contributed by atoms with Gasteiger partial charge in [0.25, 0.3) is 0 Å². The molecule has 1 fully saturated rings. The van der Waals surface area contributed by atoms with E-state index in [4.69, 9.17) is 4.74 Å². The largest absolute Gasteiger partial charge is 0.389 e. The summed E-state index contributed by atoms with van der Waals surface area (Å²) in [6.07, 6.45) is 9.68. The number of nitrogens with zero attached hydrogens (tertiary/aromatic N) is 1. The molecule has 1 aromatic rings. The summed E-state index contributed by atoms with van der Waals surface area (Å²) in [5.41, 5.74) is 1.13. The third-order valence-corrected chi connectivity index (χ3v) is 3.51. The van der Waals surface area contributed by atoms with Gasteiger partial charge in [0, 0.05) is 25.5 Å². The van der Waals surface area contributed by atoms with Gasteiger partial charge < -0.3 is 15.2 Å². The zero-order valence-corrected chi connectivity index (χ0v) is 11.4. The second-order valence-corrected chi connectivity index (χ2v) is 5.24. The number of ether oxygens (including phenoxy) is 1. The van der Waals surface area contributed by atoms with E-state index in [1.807, 2.05) is 18.3 Å². The van der Waals surface area contributed by atoms with Crippen molar-refractivity contribution >= 4 is 0 Å². The second kappa shape index (κ2) is 8.25. The maximum absolute atomic E-state index is 9.85. The van der Waals surface area contributed by atoms with Crippen molar-refractivity contribution in [2.75, 3.05) is 13.2 Å². The highest BCUT2D eigenvalue weighted by atomic mass is 16.5. The Morgan fingerprint density at radius 3 is 2.95 bits per heavy atom. The lowest BCUT2D eigenvalue weighted by Gasteiger charge is -2.23. The van der Waals surface area contributed by atoms with Gasteiger partial charge in [0.05, 0.1) is 18.8 Å². The smallest absolute Gasteiger partial charge is 0.0897 e. The molecule has 106 valence electrons. The van der Waals surface area contributed by atoms with Crippen LogP contribution in [0.5, 0.6) is 0 Å². The van der Waals surface area contributed by atoms with E-state index in [1.54, 1.807) is 6.20 Å².